The number of hydrogen-bond acceptors (Lipinski definition) is 3. The highest BCUT2D eigenvalue weighted by molar-refractivity contribution is 5.68. The molecule has 0 bridgehead atoms. The molecule has 1 aliphatic heterocycles. The first-order valence-electron chi connectivity index (χ1n) is 6.64. The number of carbonyl (C=O) groups excluding carboxylic acids is 1. The van der Waals surface area contributed by atoms with Crippen LogP contribution < -0.4 is 5.32 Å². The van der Waals surface area contributed by atoms with Crippen LogP contribution in [0.2, 0.25) is 0 Å². The first kappa shape index (κ1) is 12.7. The van der Waals surface area contributed by atoms with Gasteiger partial charge in [0.15, 0.2) is 0 Å². The molecule has 1 heterocycles. The van der Waals surface area contributed by atoms with E-state index in [1.54, 1.807) is 0 Å². The maximum atomic E-state index is 11.6. The van der Waals surface area contributed by atoms with E-state index in [1.807, 2.05) is 20.8 Å². The Labute approximate surface area is 104 Å². The average molecular weight is 240 g/mol. The fourth-order valence-corrected chi connectivity index (χ4v) is 2.26. The van der Waals surface area contributed by atoms with Crippen molar-refractivity contribution in [3.8, 4) is 0 Å². The minimum absolute atomic E-state index is 0.267. The Bertz CT molecular complexity index is 282. The summed E-state index contributed by atoms with van der Waals surface area (Å²) in [7, 11) is 0. The lowest BCUT2D eigenvalue weighted by Gasteiger charge is -2.22. The van der Waals surface area contributed by atoms with E-state index in [0.29, 0.717) is 0 Å². The summed E-state index contributed by atoms with van der Waals surface area (Å²) in [5.41, 5.74) is -0.406. The fraction of sp³-hybridized carbons (Fsp3) is 0.923. The number of nitrogens with zero attached hydrogens (tertiary/aromatic N) is 1. The number of alkyl carbamates (subject to hydrolysis) is 1. The van der Waals surface area contributed by atoms with Crippen LogP contribution in [0.5, 0.6) is 0 Å². The predicted octanol–water partition coefficient (Wildman–Crippen LogP) is 2.00. The number of ether oxygens (including phenoxy) is 1. The van der Waals surface area contributed by atoms with Gasteiger partial charge in [0.1, 0.15) is 5.60 Å². The van der Waals surface area contributed by atoms with Crippen molar-refractivity contribution < 1.29 is 9.53 Å². The molecule has 0 aromatic heterocycles. The number of hydrogen-bond donors (Lipinski definition) is 1. The van der Waals surface area contributed by atoms with Crippen LogP contribution in [0, 0.1) is 5.92 Å². The molecule has 1 N–H and O–H groups in total. The number of rotatable bonds is 3. The zero-order valence-corrected chi connectivity index (χ0v) is 11.2. The van der Waals surface area contributed by atoms with Gasteiger partial charge in [-0.05, 0) is 46.0 Å². The van der Waals surface area contributed by atoms with E-state index in [0.717, 1.165) is 25.4 Å². The van der Waals surface area contributed by atoms with Crippen molar-refractivity contribution >= 4 is 6.09 Å². The van der Waals surface area contributed by atoms with Crippen molar-refractivity contribution in [3.63, 3.8) is 0 Å². The highest BCUT2D eigenvalue weighted by atomic mass is 16.6. The second-order valence-corrected chi connectivity index (χ2v) is 6.33. The van der Waals surface area contributed by atoms with E-state index in [2.05, 4.69) is 10.2 Å². The SMILES string of the molecule is CC(C)(C)OC(=O)N[C@H]1CCN(CC2CC2)C1. The van der Waals surface area contributed by atoms with Gasteiger partial charge in [-0.25, -0.2) is 4.79 Å². The van der Waals surface area contributed by atoms with Gasteiger partial charge in [0.05, 0.1) is 0 Å². The predicted molar refractivity (Wildman–Crippen MR) is 66.9 cm³/mol. The van der Waals surface area contributed by atoms with Crippen LogP contribution in [0.15, 0.2) is 0 Å². The van der Waals surface area contributed by atoms with Gasteiger partial charge in [-0.15, -0.1) is 0 Å². The van der Waals surface area contributed by atoms with Crippen molar-refractivity contribution in [1.29, 1.82) is 0 Å². The van der Waals surface area contributed by atoms with Crippen molar-refractivity contribution in [2.45, 2.75) is 51.7 Å². The molecular formula is C13H24N2O2. The van der Waals surface area contributed by atoms with Crippen LogP contribution >= 0.6 is 0 Å². The van der Waals surface area contributed by atoms with Gasteiger partial charge in [-0.2, -0.15) is 0 Å². The summed E-state index contributed by atoms with van der Waals surface area (Å²) in [6.07, 6.45) is 3.54. The summed E-state index contributed by atoms with van der Waals surface area (Å²) in [5.74, 6) is 0.926. The molecule has 0 unspecified atom stereocenters. The van der Waals surface area contributed by atoms with Crippen LogP contribution in [-0.2, 0) is 4.74 Å². The molecule has 1 saturated heterocycles. The van der Waals surface area contributed by atoms with E-state index in [4.69, 9.17) is 4.74 Å². The zero-order chi connectivity index (χ0) is 12.5. The molecule has 0 aromatic rings. The summed E-state index contributed by atoms with van der Waals surface area (Å²) >= 11 is 0. The zero-order valence-electron chi connectivity index (χ0n) is 11.2. The maximum Gasteiger partial charge on any atom is 0.407 e. The average Bonchev–Trinajstić information content (AvgIpc) is 2.84. The number of likely N-dealkylation sites (tertiary alicyclic amines) is 1. The topological polar surface area (TPSA) is 41.6 Å². The van der Waals surface area contributed by atoms with Crippen molar-refractivity contribution in [3.05, 3.63) is 0 Å². The maximum absolute atomic E-state index is 11.6. The summed E-state index contributed by atoms with van der Waals surface area (Å²) in [5, 5.41) is 2.96. The molecule has 1 saturated carbocycles. The molecule has 2 fully saturated rings. The van der Waals surface area contributed by atoms with Crippen LogP contribution in [0.1, 0.15) is 40.0 Å². The third-order valence-corrected chi connectivity index (χ3v) is 3.21. The monoisotopic (exact) mass is 240 g/mol. The Morgan fingerprint density at radius 2 is 2.06 bits per heavy atom. The molecule has 0 spiro atoms. The van der Waals surface area contributed by atoms with Crippen LogP contribution in [0.25, 0.3) is 0 Å². The molecule has 1 amide bonds. The molecule has 98 valence electrons. The van der Waals surface area contributed by atoms with Crippen LogP contribution in [-0.4, -0.2) is 42.3 Å². The molecule has 1 atom stereocenters. The summed E-state index contributed by atoms with van der Waals surface area (Å²) in [6.45, 7) is 8.97. The second kappa shape index (κ2) is 4.84. The van der Waals surface area contributed by atoms with Gasteiger partial charge >= 0.3 is 6.09 Å². The molecule has 0 aromatic carbocycles. The summed E-state index contributed by atoms with van der Waals surface area (Å²) < 4.78 is 5.26. The first-order chi connectivity index (χ1) is 7.92. The Hall–Kier alpha value is -0.770. The molecule has 0 radical (unpaired) electrons. The first-order valence-corrected chi connectivity index (χ1v) is 6.64. The summed E-state index contributed by atoms with van der Waals surface area (Å²) in [6, 6.07) is 0.267. The highest BCUT2D eigenvalue weighted by Gasteiger charge is 2.30. The highest BCUT2D eigenvalue weighted by Crippen LogP contribution is 2.30. The van der Waals surface area contributed by atoms with Gasteiger partial charge in [-0.3, -0.25) is 0 Å². The molecule has 1 aliphatic carbocycles. The smallest absolute Gasteiger partial charge is 0.407 e. The minimum atomic E-state index is -0.406. The van der Waals surface area contributed by atoms with Crippen molar-refractivity contribution in [2.24, 2.45) is 5.92 Å². The molecule has 2 aliphatic rings. The van der Waals surface area contributed by atoms with E-state index in [9.17, 15) is 4.79 Å². The van der Waals surface area contributed by atoms with Crippen LogP contribution in [0.4, 0.5) is 4.79 Å². The van der Waals surface area contributed by atoms with Gasteiger partial charge in [0, 0.05) is 25.7 Å². The quantitative estimate of drug-likeness (QED) is 0.820. The molecular weight excluding hydrogens is 216 g/mol. The minimum Gasteiger partial charge on any atom is -0.444 e. The van der Waals surface area contributed by atoms with Crippen molar-refractivity contribution in [2.75, 3.05) is 19.6 Å². The lowest BCUT2D eigenvalue weighted by molar-refractivity contribution is 0.0506. The van der Waals surface area contributed by atoms with Gasteiger partial charge in [0.25, 0.3) is 0 Å². The van der Waals surface area contributed by atoms with Gasteiger partial charge in [0.2, 0.25) is 0 Å². The Morgan fingerprint density at radius 3 is 2.65 bits per heavy atom. The lowest BCUT2D eigenvalue weighted by atomic mass is 10.2. The number of amides is 1. The second-order valence-electron chi connectivity index (χ2n) is 6.33. The Balaban J connectivity index is 1.67. The van der Waals surface area contributed by atoms with Crippen molar-refractivity contribution in [1.82, 2.24) is 10.2 Å². The normalized spacial score (nSPS) is 25.9. The third kappa shape index (κ3) is 4.54. The van der Waals surface area contributed by atoms with E-state index in [1.165, 1.54) is 19.4 Å². The third-order valence-electron chi connectivity index (χ3n) is 3.21. The number of carbonyl (C=O) groups is 1. The van der Waals surface area contributed by atoms with Crippen LogP contribution in [0.3, 0.4) is 0 Å². The van der Waals surface area contributed by atoms with Gasteiger partial charge < -0.3 is 15.0 Å². The molecule has 2 rings (SSSR count). The molecule has 4 nitrogen and oxygen atoms in total. The van der Waals surface area contributed by atoms with E-state index < -0.39 is 5.60 Å². The number of nitrogens with one attached hydrogen (secondary N) is 1. The van der Waals surface area contributed by atoms with Gasteiger partial charge in [-0.1, -0.05) is 0 Å². The van der Waals surface area contributed by atoms with E-state index >= 15 is 0 Å². The summed E-state index contributed by atoms with van der Waals surface area (Å²) in [4.78, 5) is 14.1. The standard InChI is InChI=1S/C13H24N2O2/c1-13(2,3)17-12(16)14-11-6-7-15(9-11)8-10-4-5-10/h10-11H,4-9H2,1-3H3,(H,14,16)/t11-/m0/s1. The molecule has 17 heavy (non-hydrogen) atoms. The Kier molecular flexibility index (Phi) is 3.61. The fourth-order valence-electron chi connectivity index (χ4n) is 2.26. The van der Waals surface area contributed by atoms with E-state index in [-0.39, 0.29) is 12.1 Å². The molecule has 4 heteroatoms. The lowest BCUT2D eigenvalue weighted by Crippen LogP contribution is -2.40. The Morgan fingerprint density at radius 1 is 1.35 bits per heavy atom. The largest absolute Gasteiger partial charge is 0.444 e.